The van der Waals surface area contributed by atoms with Gasteiger partial charge in [0.1, 0.15) is 0 Å². The Labute approximate surface area is 82.5 Å². The second kappa shape index (κ2) is 4.98. The van der Waals surface area contributed by atoms with Gasteiger partial charge in [-0.1, -0.05) is 13.3 Å². The number of likely N-dealkylation sites (tertiary alicyclic amines) is 1. The van der Waals surface area contributed by atoms with Gasteiger partial charge >= 0.3 is 6.30 Å². The maximum absolute atomic E-state index is 11.9. The minimum atomic E-state index is -4.24. The summed E-state index contributed by atoms with van der Waals surface area (Å²) in [5, 5.41) is 1.61. The van der Waals surface area contributed by atoms with Crippen LogP contribution in [-0.2, 0) is 0 Å². The summed E-state index contributed by atoms with van der Waals surface area (Å²) >= 11 is 0. The molecule has 0 spiro atoms. The highest BCUT2D eigenvalue weighted by Gasteiger charge is 2.29. The largest absolute Gasteiger partial charge is 0.457 e. The Kier molecular flexibility index (Phi) is 4.19. The van der Waals surface area contributed by atoms with Crippen molar-refractivity contribution in [2.45, 2.75) is 38.5 Å². The minimum absolute atomic E-state index is 0.0251. The molecular weight excluding hydrogens is 193 g/mol. The van der Waals surface area contributed by atoms with Gasteiger partial charge in [-0.2, -0.15) is 13.2 Å². The predicted octanol–water partition coefficient (Wildman–Crippen LogP) is 1.97. The SMILES string of the molecule is CCN1CCCCC1CNC(F)(F)F. The van der Waals surface area contributed by atoms with Crippen molar-refractivity contribution in [3.8, 4) is 0 Å². The van der Waals surface area contributed by atoms with E-state index in [-0.39, 0.29) is 12.6 Å². The number of nitrogens with one attached hydrogen (secondary N) is 1. The third kappa shape index (κ3) is 3.84. The number of hydrogen-bond acceptors (Lipinski definition) is 2. The van der Waals surface area contributed by atoms with Gasteiger partial charge in [0, 0.05) is 12.6 Å². The lowest BCUT2D eigenvalue weighted by molar-refractivity contribution is -0.159. The monoisotopic (exact) mass is 210 g/mol. The summed E-state index contributed by atoms with van der Waals surface area (Å²) < 4.78 is 35.7. The highest BCUT2D eigenvalue weighted by Crippen LogP contribution is 2.17. The highest BCUT2D eigenvalue weighted by atomic mass is 19.4. The smallest absolute Gasteiger partial charge is 0.299 e. The van der Waals surface area contributed by atoms with Crippen LogP contribution in [0.2, 0.25) is 0 Å². The van der Waals surface area contributed by atoms with Gasteiger partial charge in [-0.25, -0.2) is 5.32 Å². The van der Waals surface area contributed by atoms with Crippen LogP contribution in [0.15, 0.2) is 0 Å². The fourth-order valence-electron chi connectivity index (χ4n) is 1.94. The van der Waals surface area contributed by atoms with E-state index in [9.17, 15) is 13.2 Å². The second-order valence-electron chi connectivity index (χ2n) is 3.66. The Morgan fingerprint density at radius 3 is 2.64 bits per heavy atom. The van der Waals surface area contributed by atoms with Crippen LogP contribution in [-0.4, -0.2) is 36.9 Å². The molecule has 0 saturated carbocycles. The first-order chi connectivity index (χ1) is 6.53. The van der Waals surface area contributed by atoms with Gasteiger partial charge < -0.3 is 0 Å². The summed E-state index contributed by atoms with van der Waals surface area (Å²) in [6.07, 6.45) is -1.22. The summed E-state index contributed by atoms with van der Waals surface area (Å²) in [4.78, 5) is 2.11. The molecule has 1 N–H and O–H groups in total. The van der Waals surface area contributed by atoms with Crippen molar-refractivity contribution in [2.75, 3.05) is 19.6 Å². The molecule has 0 bridgehead atoms. The van der Waals surface area contributed by atoms with Crippen molar-refractivity contribution >= 4 is 0 Å². The molecule has 1 unspecified atom stereocenters. The molecule has 1 saturated heterocycles. The zero-order valence-corrected chi connectivity index (χ0v) is 8.40. The summed E-state index contributed by atoms with van der Waals surface area (Å²) in [5.74, 6) is 0. The van der Waals surface area contributed by atoms with E-state index in [1.54, 1.807) is 5.32 Å². The van der Waals surface area contributed by atoms with Crippen LogP contribution in [0.25, 0.3) is 0 Å². The minimum Gasteiger partial charge on any atom is -0.299 e. The van der Waals surface area contributed by atoms with Crippen LogP contribution < -0.4 is 5.32 Å². The fourth-order valence-corrected chi connectivity index (χ4v) is 1.94. The Balaban J connectivity index is 2.33. The summed E-state index contributed by atoms with van der Waals surface area (Å²) in [6.45, 7) is 3.79. The predicted molar refractivity (Wildman–Crippen MR) is 48.9 cm³/mol. The Hall–Kier alpha value is -0.290. The van der Waals surface area contributed by atoms with Crippen LogP contribution in [0.1, 0.15) is 26.2 Å². The van der Waals surface area contributed by atoms with Gasteiger partial charge in [-0.3, -0.25) is 4.90 Å². The molecule has 0 aromatic rings. The molecule has 0 aliphatic carbocycles. The van der Waals surface area contributed by atoms with E-state index in [0.29, 0.717) is 0 Å². The quantitative estimate of drug-likeness (QED) is 0.716. The van der Waals surface area contributed by atoms with Crippen molar-refractivity contribution in [2.24, 2.45) is 0 Å². The third-order valence-corrected chi connectivity index (χ3v) is 2.69. The van der Waals surface area contributed by atoms with E-state index in [1.807, 2.05) is 6.92 Å². The molecule has 14 heavy (non-hydrogen) atoms. The second-order valence-corrected chi connectivity index (χ2v) is 3.66. The number of hydrogen-bond donors (Lipinski definition) is 1. The maximum Gasteiger partial charge on any atom is 0.457 e. The molecule has 0 aromatic heterocycles. The van der Waals surface area contributed by atoms with Crippen LogP contribution >= 0.6 is 0 Å². The van der Waals surface area contributed by atoms with E-state index >= 15 is 0 Å². The van der Waals surface area contributed by atoms with Crippen LogP contribution in [0.4, 0.5) is 13.2 Å². The van der Waals surface area contributed by atoms with Gasteiger partial charge in [0.25, 0.3) is 0 Å². The van der Waals surface area contributed by atoms with E-state index in [2.05, 4.69) is 4.90 Å². The van der Waals surface area contributed by atoms with Gasteiger partial charge in [0.15, 0.2) is 0 Å². The first-order valence-corrected chi connectivity index (χ1v) is 5.08. The first kappa shape index (κ1) is 11.8. The fraction of sp³-hybridized carbons (Fsp3) is 1.00. The molecule has 0 radical (unpaired) electrons. The zero-order valence-electron chi connectivity index (χ0n) is 8.40. The lowest BCUT2D eigenvalue weighted by Gasteiger charge is -2.35. The van der Waals surface area contributed by atoms with Gasteiger partial charge in [-0.15, -0.1) is 0 Å². The lowest BCUT2D eigenvalue weighted by Crippen LogP contribution is -2.48. The van der Waals surface area contributed by atoms with Gasteiger partial charge in [0.2, 0.25) is 0 Å². The molecule has 1 heterocycles. The highest BCUT2D eigenvalue weighted by molar-refractivity contribution is 4.78. The third-order valence-electron chi connectivity index (χ3n) is 2.69. The Bertz CT molecular complexity index is 170. The summed E-state index contributed by atoms with van der Waals surface area (Å²) in [6, 6.07) is 0.0513. The van der Waals surface area contributed by atoms with Crippen molar-refractivity contribution in [1.82, 2.24) is 10.2 Å². The molecule has 1 aliphatic rings. The zero-order chi connectivity index (χ0) is 10.6. The van der Waals surface area contributed by atoms with E-state index in [1.165, 1.54) is 0 Å². The van der Waals surface area contributed by atoms with E-state index in [4.69, 9.17) is 0 Å². The normalized spacial score (nSPS) is 25.3. The Morgan fingerprint density at radius 1 is 1.36 bits per heavy atom. The number of nitrogens with zero attached hydrogens (tertiary/aromatic N) is 1. The number of likely N-dealkylation sites (N-methyl/N-ethyl adjacent to an activating group) is 1. The van der Waals surface area contributed by atoms with Gasteiger partial charge in [-0.05, 0) is 25.9 Å². The molecule has 84 valence electrons. The standard InChI is InChI=1S/C9H17F3N2/c1-2-14-6-4-3-5-8(14)7-13-9(10,11)12/h8,13H,2-7H2,1H3. The van der Waals surface area contributed by atoms with Crippen LogP contribution in [0, 0.1) is 0 Å². The molecule has 1 aliphatic heterocycles. The first-order valence-electron chi connectivity index (χ1n) is 5.08. The molecule has 2 nitrogen and oxygen atoms in total. The van der Waals surface area contributed by atoms with E-state index < -0.39 is 6.30 Å². The molecular formula is C9H17F3N2. The van der Waals surface area contributed by atoms with Crippen LogP contribution in [0.5, 0.6) is 0 Å². The van der Waals surface area contributed by atoms with E-state index in [0.717, 1.165) is 32.4 Å². The van der Waals surface area contributed by atoms with Gasteiger partial charge in [0.05, 0.1) is 0 Å². The number of halogens is 3. The number of rotatable bonds is 3. The van der Waals surface area contributed by atoms with Crippen LogP contribution in [0.3, 0.4) is 0 Å². The molecule has 0 amide bonds. The average molecular weight is 210 g/mol. The van der Waals surface area contributed by atoms with Crippen molar-refractivity contribution in [3.05, 3.63) is 0 Å². The Morgan fingerprint density at radius 2 is 2.07 bits per heavy atom. The molecule has 0 aromatic carbocycles. The van der Waals surface area contributed by atoms with Crippen molar-refractivity contribution in [3.63, 3.8) is 0 Å². The van der Waals surface area contributed by atoms with Crippen molar-refractivity contribution < 1.29 is 13.2 Å². The molecule has 1 atom stereocenters. The lowest BCUT2D eigenvalue weighted by atomic mass is 10.0. The summed E-state index contributed by atoms with van der Waals surface area (Å²) in [5.41, 5.74) is 0. The topological polar surface area (TPSA) is 15.3 Å². The molecule has 5 heteroatoms. The molecule has 1 fully saturated rings. The number of piperidine rings is 1. The molecule has 1 rings (SSSR count). The van der Waals surface area contributed by atoms with Crippen molar-refractivity contribution in [1.29, 1.82) is 0 Å². The number of alkyl halides is 3. The maximum atomic E-state index is 11.9. The summed E-state index contributed by atoms with van der Waals surface area (Å²) in [7, 11) is 0. The average Bonchev–Trinajstić information content (AvgIpc) is 2.14.